The first kappa shape index (κ1) is 24.5. The topological polar surface area (TPSA) is 86.4 Å². The van der Waals surface area contributed by atoms with E-state index in [1.165, 1.54) is 40.1 Å². The van der Waals surface area contributed by atoms with Crippen molar-refractivity contribution >= 4 is 29.1 Å². The first-order valence-electron chi connectivity index (χ1n) is 11.0. The molecule has 0 spiro atoms. The lowest BCUT2D eigenvalue weighted by Gasteiger charge is -2.39. The minimum atomic E-state index is -0.718. The number of aromatic nitrogens is 2. The first-order valence-corrected chi connectivity index (χ1v) is 11.3. The van der Waals surface area contributed by atoms with Crippen molar-refractivity contribution in [2.75, 3.05) is 18.0 Å². The van der Waals surface area contributed by atoms with Gasteiger partial charge in [-0.1, -0.05) is 17.7 Å². The molecule has 0 saturated carbocycles. The number of H-pyrrole nitrogens is 1. The van der Waals surface area contributed by atoms with Gasteiger partial charge in [0.2, 0.25) is 5.91 Å². The average molecular weight is 501 g/mol. The van der Waals surface area contributed by atoms with Crippen molar-refractivity contribution in [2.45, 2.75) is 33.2 Å². The maximum atomic E-state index is 14.7. The van der Waals surface area contributed by atoms with E-state index in [0.29, 0.717) is 16.8 Å². The van der Waals surface area contributed by atoms with E-state index >= 15 is 0 Å². The summed E-state index contributed by atoms with van der Waals surface area (Å²) in [4.78, 5) is 40.4. The summed E-state index contributed by atoms with van der Waals surface area (Å²) in [5.74, 6) is -2.46. The molecule has 2 aromatic carbocycles. The molecule has 1 aliphatic rings. The van der Waals surface area contributed by atoms with Crippen LogP contribution in [0.4, 0.5) is 14.5 Å². The summed E-state index contributed by atoms with van der Waals surface area (Å²) in [6.45, 7) is 4.89. The Morgan fingerprint density at radius 3 is 2.54 bits per heavy atom. The largest absolute Gasteiger partial charge is 0.327 e. The van der Waals surface area contributed by atoms with E-state index in [4.69, 9.17) is 11.6 Å². The molecule has 1 atom stereocenters. The summed E-state index contributed by atoms with van der Waals surface area (Å²) in [5, 5.41) is 6.79. The second kappa shape index (κ2) is 9.58. The second-order valence-electron chi connectivity index (χ2n) is 8.63. The van der Waals surface area contributed by atoms with Crippen molar-refractivity contribution in [3.63, 3.8) is 0 Å². The summed E-state index contributed by atoms with van der Waals surface area (Å²) in [7, 11) is 0. The van der Waals surface area contributed by atoms with Gasteiger partial charge in [-0.15, -0.1) is 0 Å². The van der Waals surface area contributed by atoms with Crippen molar-refractivity contribution < 1.29 is 18.4 Å². The van der Waals surface area contributed by atoms with Gasteiger partial charge in [0.1, 0.15) is 18.2 Å². The Hall–Kier alpha value is -3.59. The van der Waals surface area contributed by atoms with Crippen LogP contribution in [0.2, 0.25) is 5.02 Å². The van der Waals surface area contributed by atoms with Gasteiger partial charge in [0, 0.05) is 23.6 Å². The predicted molar refractivity (Wildman–Crippen MR) is 128 cm³/mol. The SMILES string of the molecule is Cc1c(Cc2ccc(F)c(C(=O)N3CC(=O)N(c4cc(Cl)ccc4F)[C@H](C)C3)c2)n[nH]c(=O)c1C. The standard InChI is InChI=1S/C25H23ClF2N4O3/c1-13-11-31(12-23(33)32(13)22-10-17(26)5-7-20(22)28)25(35)18-8-16(4-6-19(18)27)9-21-14(2)15(3)24(34)30-29-21/h4-8,10,13H,9,11-12H2,1-3H3,(H,30,34)/t13-/m1/s1. The zero-order valence-corrected chi connectivity index (χ0v) is 20.1. The van der Waals surface area contributed by atoms with Gasteiger partial charge in [0.05, 0.1) is 23.0 Å². The number of nitrogens with zero attached hydrogens (tertiary/aromatic N) is 3. The number of carbonyl (C=O) groups excluding carboxylic acids is 2. The number of anilines is 1. The summed E-state index contributed by atoms with van der Waals surface area (Å²) in [6.07, 6.45) is 0.279. The number of nitrogens with one attached hydrogen (secondary N) is 1. The smallest absolute Gasteiger partial charge is 0.267 e. The fraction of sp³-hybridized carbons (Fsp3) is 0.280. The van der Waals surface area contributed by atoms with Crippen LogP contribution in [0.15, 0.2) is 41.2 Å². The molecule has 2 heterocycles. The third-order valence-corrected chi connectivity index (χ3v) is 6.47. The molecule has 4 rings (SSSR count). The van der Waals surface area contributed by atoms with Crippen molar-refractivity contribution in [2.24, 2.45) is 0 Å². The highest BCUT2D eigenvalue weighted by molar-refractivity contribution is 6.31. The van der Waals surface area contributed by atoms with Gasteiger partial charge < -0.3 is 9.80 Å². The number of rotatable bonds is 4. The van der Waals surface area contributed by atoms with Crippen LogP contribution in [-0.2, 0) is 11.2 Å². The Labute approximate surface area is 205 Å². The molecule has 10 heteroatoms. The van der Waals surface area contributed by atoms with Gasteiger partial charge in [-0.05, 0) is 62.2 Å². The fourth-order valence-corrected chi connectivity index (χ4v) is 4.37. The van der Waals surface area contributed by atoms with E-state index in [-0.39, 0.29) is 41.3 Å². The van der Waals surface area contributed by atoms with Crippen molar-refractivity contribution in [1.82, 2.24) is 15.1 Å². The highest BCUT2D eigenvalue weighted by Gasteiger charge is 2.35. The van der Waals surface area contributed by atoms with Gasteiger partial charge >= 0.3 is 0 Å². The number of piperazine rings is 1. The minimum absolute atomic E-state index is 0.0364. The summed E-state index contributed by atoms with van der Waals surface area (Å²) < 4.78 is 29.0. The van der Waals surface area contributed by atoms with E-state index in [1.807, 2.05) is 0 Å². The molecular formula is C25H23ClF2N4O3. The van der Waals surface area contributed by atoms with Gasteiger partial charge in [0.15, 0.2) is 0 Å². The molecule has 1 saturated heterocycles. The zero-order chi connectivity index (χ0) is 25.4. The highest BCUT2D eigenvalue weighted by atomic mass is 35.5. The Kier molecular flexibility index (Phi) is 6.71. The minimum Gasteiger partial charge on any atom is -0.327 e. The predicted octanol–water partition coefficient (Wildman–Crippen LogP) is 3.79. The number of carbonyl (C=O) groups is 2. The molecular weight excluding hydrogens is 478 g/mol. The Bertz CT molecular complexity index is 1390. The van der Waals surface area contributed by atoms with E-state index in [0.717, 1.165) is 5.56 Å². The molecule has 1 aliphatic heterocycles. The van der Waals surface area contributed by atoms with Crippen molar-refractivity contribution in [3.8, 4) is 0 Å². The van der Waals surface area contributed by atoms with Gasteiger partial charge in [-0.25, -0.2) is 13.9 Å². The molecule has 0 aliphatic carbocycles. The molecule has 35 heavy (non-hydrogen) atoms. The normalized spacial score (nSPS) is 16.1. The molecule has 1 fully saturated rings. The molecule has 1 aromatic heterocycles. The van der Waals surface area contributed by atoms with Crippen LogP contribution < -0.4 is 10.5 Å². The summed E-state index contributed by atoms with van der Waals surface area (Å²) in [6, 6.07) is 7.53. The summed E-state index contributed by atoms with van der Waals surface area (Å²) >= 11 is 5.97. The lowest BCUT2D eigenvalue weighted by Crippen LogP contribution is -2.57. The van der Waals surface area contributed by atoms with Crippen molar-refractivity contribution in [3.05, 3.63) is 91.4 Å². The van der Waals surface area contributed by atoms with Gasteiger partial charge in [0.25, 0.3) is 11.5 Å². The monoisotopic (exact) mass is 500 g/mol. The molecule has 0 unspecified atom stereocenters. The Morgan fingerprint density at radius 1 is 1.11 bits per heavy atom. The molecule has 0 radical (unpaired) electrons. The quantitative estimate of drug-likeness (QED) is 0.590. The number of hydrogen-bond donors (Lipinski definition) is 1. The van der Waals surface area contributed by atoms with Crippen LogP contribution in [0.25, 0.3) is 0 Å². The van der Waals surface area contributed by atoms with Crippen LogP contribution >= 0.6 is 11.6 Å². The Balaban J connectivity index is 1.57. The fourth-order valence-electron chi connectivity index (χ4n) is 4.20. The van der Waals surface area contributed by atoms with Crippen LogP contribution in [0.3, 0.4) is 0 Å². The maximum absolute atomic E-state index is 14.7. The molecule has 7 nitrogen and oxygen atoms in total. The first-order chi connectivity index (χ1) is 16.6. The van der Waals surface area contributed by atoms with E-state index in [1.54, 1.807) is 26.8 Å². The van der Waals surface area contributed by atoms with E-state index in [2.05, 4.69) is 10.2 Å². The number of hydrogen-bond acceptors (Lipinski definition) is 4. The van der Waals surface area contributed by atoms with Crippen LogP contribution in [0.5, 0.6) is 0 Å². The summed E-state index contributed by atoms with van der Waals surface area (Å²) in [5.41, 5.74) is 2.06. The zero-order valence-electron chi connectivity index (χ0n) is 19.4. The van der Waals surface area contributed by atoms with Crippen LogP contribution in [0.1, 0.15) is 39.7 Å². The lowest BCUT2D eigenvalue weighted by molar-refractivity contribution is -0.121. The van der Waals surface area contributed by atoms with Crippen LogP contribution in [-0.4, -0.2) is 46.0 Å². The van der Waals surface area contributed by atoms with Gasteiger partial charge in [-0.3, -0.25) is 14.4 Å². The molecule has 182 valence electrons. The van der Waals surface area contributed by atoms with Gasteiger partial charge in [-0.2, -0.15) is 5.10 Å². The van der Waals surface area contributed by atoms with Crippen molar-refractivity contribution in [1.29, 1.82) is 0 Å². The number of amides is 2. The number of aromatic amines is 1. The van der Waals surface area contributed by atoms with E-state index in [9.17, 15) is 23.2 Å². The molecule has 2 amide bonds. The third kappa shape index (κ3) is 4.81. The Morgan fingerprint density at radius 2 is 1.83 bits per heavy atom. The average Bonchev–Trinajstić information content (AvgIpc) is 2.82. The maximum Gasteiger partial charge on any atom is 0.267 e. The third-order valence-electron chi connectivity index (χ3n) is 6.24. The highest BCUT2D eigenvalue weighted by Crippen LogP contribution is 2.28. The van der Waals surface area contributed by atoms with Crippen LogP contribution in [0, 0.1) is 25.5 Å². The molecule has 0 bridgehead atoms. The number of benzene rings is 2. The second-order valence-corrected chi connectivity index (χ2v) is 9.07. The van der Waals surface area contributed by atoms with E-state index < -0.39 is 29.5 Å². The molecule has 1 N–H and O–H groups in total. The molecule has 3 aromatic rings. The lowest BCUT2D eigenvalue weighted by atomic mass is 10.0. The number of halogens is 3.